The summed E-state index contributed by atoms with van der Waals surface area (Å²) in [7, 11) is 0. The van der Waals surface area contributed by atoms with Crippen LogP contribution in [0.2, 0.25) is 5.02 Å². The van der Waals surface area contributed by atoms with Crippen molar-refractivity contribution in [3.05, 3.63) is 34.9 Å². The number of benzene rings is 1. The molecule has 1 aromatic rings. The molecule has 0 bridgehead atoms. The van der Waals surface area contributed by atoms with Crippen LogP contribution in [0, 0.1) is 11.8 Å². The van der Waals surface area contributed by atoms with Crippen molar-refractivity contribution in [1.82, 2.24) is 5.32 Å². The van der Waals surface area contributed by atoms with Crippen LogP contribution in [0.1, 0.15) is 32.3 Å². The first-order chi connectivity index (χ1) is 9.44. The van der Waals surface area contributed by atoms with Crippen molar-refractivity contribution in [2.75, 3.05) is 6.61 Å². The topological polar surface area (TPSA) is 49.3 Å². The third-order valence-corrected chi connectivity index (χ3v) is 4.37. The fourth-order valence-corrected chi connectivity index (χ4v) is 2.59. The van der Waals surface area contributed by atoms with Crippen molar-refractivity contribution < 1.29 is 9.90 Å². The van der Waals surface area contributed by atoms with E-state index in [-0.39, 0.29) is 18.4 Å². The Bertz CT molecular complexity index is 470. The second kappa shape index (κ2) is 6.15. The number of nitrogens with one attached hydrogen (secondary N) is 1. The Kier molecular flexibility index (Phi) is 4.71. The second-order valence-corrected chi connectivity index (χ2v) is 6.51. The maximum Gasteiger partial charge on any atom is 0.223 e. The zero-order valence-electron chi connectivity index (χ0n) is 12.0. The maximum absolute atomic E-state index is 12.3. The minimum absolute atomic E-state index is 0.00291. The molecule has 110 valence electrons. The maximum atomic E-state index is 12.3. The molecule has 20 heavy (non-hydrogen) atoms. The lowest BCUT2D eigenvalue weighted by molar-refractivity contribution is -0.127. The molecule has 1 aliphatic carbocycles. The summed E-state index contributed by atoms with van der Waals surface area (Å²) in [4.78, 5) is 12.3. The average Bonchev–Trinajstić information content (AvgIpc) is 3.26. The average molecular weight is 296 g/mol. The first kappa shape index (κ1) is 15.3. The van der Waals surface area contributed by atoms with Gasteiger partial charge in [0, 0.05) is 10.9 Å². The monoisotopic (exact) mass is 295 g/mol. The van der Waals surface area contributed by atoms with E-state index in [1.54, 1.807) is 0 Å². The van der Waals surface area contributed by atoms with E-state index >= 15 is 0 Å². The third kappa shape index (κ3) is 3.74. The molecule has 2 atom stereocenters. The Morgan fingerprint density at radius 2 is 2.05 bits per heavy atom. The standard InChI is InChI=1S/C16H22ClNO2/c1-11(9-12-3-7-14(17)8-4-12)15(20)18-16(2,10-19)13-5-6-13/h3-4,7-8,11,13,19H,5-6,9-10H2,1-2H3,(H,18,20). The quantitative estimate of drug-likeness (QED) is 0.848. The van der Waals surface area contributed by atoms with Gasteiger partial charge in [-0.1, -0.05) is 30.7 Å². The number of halogens is 1. The van der Waals surface area contributed by atoms with E-state index in [4.69, 9.17) is 11.6 Å². The van der Waals surface area contributed by atoms with Gasteiger partial charge in [-0.15, -0.1) is 0 Å². The summed E-state index contributed by atoms with van der Waals surface area (Å²) < 4.78 is 0. The van der Waals surface area contributed by atoms with Crippen LogP contribution in [-0.4, -0.2) is 23.2 Å². The highest BCUT2D eigenvalue weighted by atomic mass is 35.5. The Morgan fingerprint density at radius 3 is 2.55 bits per heavy atom. The molecule has 0 aromatic heterocycles. The van der Waals surface area contributed by atoms with Crippen molar-refractivity contribution in [1.29, 1.82) is 0 Å². The molecular weight excluding hydrogens is 274 g/mol. The lowest BCUT2D eigenvalue weighted by Gasteiger charge is -2.30. The second-order valence-electron chi connectivity index (χ2n) is 6.07. The third-order valence-electron chi connectivity index (χ3n) is 4.12. The predicted octanol–water partition coefficient (Wildman–Crippen LogP) is 2.80. The lowest BCUT2D eigenvalue weighted by Crippen LogP contribution is -2.52. The summed E-state index contributed by atoms with van der Waals surface area (Å²) in [5.41, 5.74) is 0.625. The van der Waals surface area contributed by atoms with Gasteiger partial charge < -0.3 is 10.4 Å². The number of carbonyl (C=O) groups is 1. The van der Waals surface area contributed by atoms with E-state index < -0.39 is 5.54 Å². The summed E-state index contributed by atoms with van der Waals surface area (Å²) >= 11 is 5.85. The van der Waals surface area contributed by atoms with E-state index in [1.807, 2.05) is 38.1 Å². The molecule has 2 unspecified atom stereocenters. The number of aliphatic hydroxyl groups is 1. The lowest BCUT2D eigenvalue weighted by atomic mass is 9.94. The van der Waals surface area contributed by atoms with Gasteiger partial charge in [0.1, 0.15) is 0 Å². The Hall–Kier alpha value is -1.06. The molecule has 0 spiro atoms. The molecule has 0 radical (unpaired) electrons. The molecule has 1 aliphatic rings. The molecule has 0 saturated heterocycles. The van der Waals surface area contributed by atoms with Crippen LogP contribution < -0.4 is 5.32 Å². The van der Waals surface area contributed by atoms with Crippen molar-refractivity contribution >= 4 is 17.5 Å². The number of carbonyl (C=O) groups excluding carboxylic acids is 1. The highest BCUT2D eigenvalue weighted by Crippen LogP contribution is 2.39. The first-order valence-corrected chi connectivity index (χ1v) is 7.50. The van der Waals surface area contributed by atoms with Crippen LogP contribution in [0.25, 0.3) is 0 Å². The molecule has 4 heteroatoms. The van der Waals surface area contributed by atoms with Crippen LogP contribution in [0.4, 0.5) is 0 Å². The number of amides is 1. The molecule has 1 aromatic carbocycles. The zero-order chi connectivity index (χ0) is 14.8. The predicted molar refractivity (Wildman–Crippen MR) is 80.7 cm³/mol. The summed E-state index contributed by atoms with van der Waals surface area (Å²) in [6.07, 6.45) is 2.85. The molecule has 3 nitrogen and oxygen atoms in total. The van der Waals surface area contributed by atoms with E-state index in [0.717, 1.165) is 18.4 Å². The van der Waals surface area contributed by atoms with E-state index in [9.17, 15) is 9.90 Å². The van der Waals surface area contributed by atoms with Crippen molar-refractivity contribution in [3.63, 3.8) is 0 Å². The Balaban J connectivity index is 1.93. The molecular formula is C16H22ClNO2. The van der Waals surface area contributed by atoms with Crippen molar-refractivity contribution in [2.45, 2.75) is 38.6 Å². The minimum atomic E-state index is -0.467. The number of aliphatic hydroxyl groups excluding tert-OH is 1. The first-order valence-electron chi connectivity index (χ1n) is 7.12. The normalized spacial score (nSPS) is 19.2. The number of hydrogen-bond donors (Lipinski definition) is 2. The molecule has 0 aliphatic heterocycles. The van der Waals surface area contributed by atoms with E-state index in [1.165, 1.54) is 0 Å². The fourth-order valence-electron chi connectivity index (χ4n) is 2.46. The fraction of sp³-hybridized carbons (Fsp3) is 0.562. The van der Waals surface area contributed by atoms with Crippen LogP contribution in [0.3, 0.4) is 0 Å². The summed E-state index contributed by atoms with van der Waals surface area (Å²) in [5, 5.41) is 13.2. The van der Waals surface area contributed by atoms with Gasteiger partial charge in [-0.25, -0.2) is 0 Å². The Morgan fingerprint density at radius 1 is 1.45 bits per heavy atom. The van der Waals surface area contributed by atoms with Gasteiger partial charge in [-0.05, 0) is 49.8 Å². The summed E-state index contributed by atoms with van der Waals surface area (Å²) in [6, 6.07) is 7.56. The zero-order valence-corrected chi connectivity index (χ0v) is 12.8. The molecule has 1 fully saturated rings. The van der Waals surface area contributed by atoms with Gasteiger partial charge in [0.05, 0.1) is 12.1 Å². The molecule has 2 N–H and O–H groups in total. The number of rotatable bonds is 6. The van der Waals surface area contributed by atoms with Gasteiger partial charge in [-0.2, -0.15) is 0 Å². The highest BCUT2D eigenvalue weighted by molar-refractivity contribution is 6.30. The van der Waals surface area contributed by atoms with Crippen LogP contribution >= 0.6 is 11.6 Å². The van der Waals surface area contributed by atoms with Gasteiger partial charge >= 0.3 is 0 Å². The molecule has 2 rings (SSSR count). The van der Waals surface area contributed by atoms with Gasteiger partial charge in [0.15, 0.2) is 0 Å². The smallest absolute Gasteiger partial charge is 0.223 e. The van der Waals surface area contributed by atoms with Crippen molar-refractivity contribution in [3.8, 4) is 0 Å². The summed E-state index contributed by atoms with van der Waals surface area (Å²) in [5.74, 6) is 0.295. The van der Waals surface area contributed by atoms with E-state index in [2.05, 4.69) is 5.32 Å². The number of hydrogen-bond acceptors (Lipinski definition) is 2. The van der Waals surface area contributed by atoms with Crippen LogP contribution in [0.5, 0.6) is 0 Å². The summed E-state index contributed by atoms with van der Waals surface area (Å²) in [6.45, 7) is 3.84. The van der Waals surface area contributed by atoms with Gasteiger partial charge in [0.2, 0.25) is 5.91 Å². The molecule has 0 heterocycles. The van der Waals surface area contributed by atoms with Crippen LogP contribution in [-0.2, 0) is 11.2 Å². The molecule has 1 saturated carbocycles. The highest BCUT2D eigenvalue weighted by Gasteiger charge is 2.42. The molecule has 1 amide bonds. The van der Waals surface area contributed by atoms with Crippen LogP contribution in [0.15, 0.2) is 24.3 Å². The largest absolute Gasteiger partial charge is 0.394 e. The van der Waals surface area contributed by atoms with Gasteiger partial charge in [-0.3, -0.25) is 4.79 Å². The van der Waals surface area contributed by atoms with Gasteiger partial charge in [0.25, 0.3) is 0 Å². The Labute approximate surface area is 125 Å². The van der Waals surface area contributed by atoms with Crippen molar-refractivity contribution in [2.24, 2.45) is 11.8 Å². The van der Waals surface area contributed by atoms with E-state index in [0.29, 0.717) is 17.4 Å². The SMILES string of the molecule is CC(Cc1ccc(Cl)cc1)C(=O)NC(C)(CO)C1CC1. The minimum Gasteiger partial charge on any atom is -0.394 e.